The molecule has 32 heavy (non-hydrogen) atoms. The molecule has 2 atom stereocenters. The number of aryl methyl sites for hydroxylation is 1. The van der Waals surface area contributed by atoms with E-state index in [9.17, 15) is 19.5 Å². The van der Waals surface area contributed by atoms with E-state index in [4.69, 9.17) is 9.94 Å². The Kier molecular flexibility index (Phi) is 9.93. The zero-order valence-electron chi connectivity index (χ0n) is 19.1. The highest BCUT2D eigenvalue weighted by molar-refractivity contribution is 5.88. The summed E-state index contributed by atoms with van der Waals surface area (Å²) in [5.74, 6) is -1.48. The smallest absolute Gasteiger partial charge is 0.272 e. The van der Waals surface area contributed by atoms with Crippen LogP contribution in [0.4, 0.5) is 0 Å². The number of ether oxygens (including phenoxy) is 1. The third kappa shape index (κ3) is 6.93. The number of hydroxylamine groups is 1. The van der Waals surface area contributed by atoms with Gasteiger partial charge in [-0.15, -0.1) is 0 Å². The van der Waals surface area contributed by atoms with E-state index in [-0.39, 0.29) is 17.9 Å². The van der Waals surface area contributed by atoms with E-state index in [0.29, 0.717) is 51.8 Å². The van der Waals surface area contributed by atoms with Crippen LogP contribution in [-0.2, 0) is 20.8 Å². The Morgan fingerprint density at radius 3 is 2.38 bits per heavy atom. The van der Waals surface area contributed by atoms with Crippen LogP contribution in [0, 0.1) is 5.92 Å². The minimum Gasteiger partial charge on any atom is -0.494 e. The molecule has 2 rings (SSSR count). The molecule has 3 amide bonds. The van der Waals surface area contributed by atoms with Crippen LogP contribution in [0.15, 0.2) is 24.3 Å². The molecule has 0 bridgehead atoms. The van der Waals surface area contributed by atoms with Gasteiger partial charge in [-0.25, -0.2) is 5.48 Å². The molecule has 1 aromatic rings. The number of benzene rings is 1. The Morgan fingerprint density at radius 1 is 1.22 bits per heavy atom. The maximum Gasteiger partial charge on any atom is 0.272 e. The van der Waals surface area contributed by atoms with E-state index in [1.54, 1.807) is 16.8 Å². The monoisotopic (exact) mass is 449 g/mol. The van der Waals surface area contributed by atoms with Crippen molar-refractivity contribution in [3.8, 4) is 5.75 Å². The number of aliphatic hydroxyl groups excluding tert-OH is 1. The molecule has 1 aliphatic rings. The summed E-state index contributed by atoms with van der Waals surface area (Å²) in [6.45, 7) is 4.93. The van der Waals surface area contributed by atoms with Crippen molar-refractivity contribution in [3.05, 3.63) is 29.8 Å². The molecule has 1 heterocycles. The highest BCUT2D eigenvalue weighted by Crippen LogP contribution is 2.23. The largest absolute Gasteiger partial charge is 0.494 e. The third-order valence-electron chi connectivity index (χ3n) is 6.11. The summed E-state index contributed by atoms with van der Waals surface area (Å²) in [6, 6.07) is 7.75. The molecular weight excluding hydrogens is 414 g/mol. The van der Waals surface area contributed by atoms with Crippen molar-refractivity contribution in [3.63, 3.8) is 0 Å². The zero-order chi connectivity index (χ0) is 23.7. The molecule has 0 aliphatic carbocycles. The van der Waals surface area contributed by atoms with Gasteiger partial charge >= 0.3 is 0 Å². The van der Waals surface area contributed by atoms with Gasteiger partial charge < -0.3 is 19.6 Å². The van der Waals surface area contributed by atoms with E-state index >= 15 is 0 Å². The molecule has 1 aliphatic heterocycles. The summed E-state index contributed by atoms with van der Waals surface area (Å²) < 4.78 is 5.43. The molecular formula is C23H35N3O6. The summed E-state index contributed by atoms with van der Waals surface area (Å²) in [5.41, 5.74) is 2.51. The standard InChI is InChI=1S/C23H35N3O6/c1-4-32-19-10-8-17(9-11-19)6-5-7-20(21(28)22(29)24-31)23(30)26-14-12-18(13-15-26)25(3)16(2)27/h8-11,18,20-21,28,31H,4-7,12-15H2,1-3H3,(H,24,29)/t20-,21+/m1/s1. The van der Waals surface area contributed by atoms with Gasteiger partial charge in [0.25, 0.3) is 5.91 Å². The SMILES string of the molecule is CCOc1ccc(CCC[C@@H](C(=O)N2CCC(N(C)C(C)=O)CC2)[C@H](O)C(=O)NO)cc1. The minimum atomic E-state index is -1.63. The number of rotatable bonds is 10. The maximum atomic E-state index is 13.1. The fourth-order valence-electron chi connectivity index (χ4n) is 4.08. The molecule has 9 nitrogen and oxygen atoms in total. The number of likely N-dealkylation sites (tertiary alicyclic amines) is 1. The van der Waals surface area contributed by atoms with Crippen molar-refractivity contribution >= 4 is 17.7 Å². The number of piperidine rings is 1. The highest BCUT2D eigenvalue weighted by atomic mass is 16.5. The van der Waals surface area contributed by atoms with Crippen LogP contribution in [0.25, 0.3) is 0 Å². The predicted octanol–water partition coefficient (Wildman–Crippen LogP) is 1.36. The van der Waals surface area contributed by atoms with Gasteiger partial charge in [0.1, 0.15) is 11.9 Å². The van der Waals surface area contributed by atoms with E-state index < -0.39 is 17.9 Å². The molecule has 0 saturated carbocycles. The summed E-state index contributed by atoms with van der Waals surface area (Å²) in [4.78, 5) is 39.9. The number of amides is 3. The van der Waals surface area contributed by atoms with Crippen molar-refractivity contribution in [1.29, 1.82) is 0 Å². The van der Waals surface area contributed by atoms with Gasteiger partial charge in [-0.1, -0.05) is 12.1 Å². The number of carbonyl (C=O) groups excluding carboxylic acids is 3. The second-order valence-electron chi connectivity index (χ2n) is 8.18. The van der Waals surface area contributed by atoms with Gasteiger partial charge in [0, 0.05) is 33.1 Å². The lowest BCUT2D eigenvalue weighted by Gasteiger charge is -2.38. The quantitative estimate of drug-likeness (QED) is 0.367. The second-order valence-corrected chi connectivity index (χ2v) is 8.18. The molecule has 9 heteroatoms. The highest BCUT2D eigenvalue weighted by Gasteiger charge is 2.36. The van der Waals surface area contributed by atoms with Gasteiger partial charge in [-0.05, 0) is 56.7 Å². The van der Waals surface area contributed by atoms with Crippen LogP contribution in [0.5, 0.6) is 5.75 Å². The van der Waals surface area contributed by atoms with Crippen molar-refractivity contribution in [1.82, 2.24) is 15.3 Å². The first-order chi connectivity index (χ1) is 15.3. The Balaban J connectivity index is 1.98. The zero-order valence-corrected chi connectivity index (χ0v) is 19.1. The second kappa shape index (κ2) is 12.4. The molecule has 1 fully saturated rings. The minimum absolute atomic E-state index is 0.0167. The van der Waals surface area contributed by atoms with E-state index in [1.165, 1.54) is 12.4 Å². The van der Waals surface area contributed by atoms with Crippen LogP contribution in [0.2, 0.25) is 0 Å². The molecule has 0 radical (unpaired) electrons. The molecule has 178 valence electrons. The fourth-order valence-corrected chi connectivity index (χ4v) is 4.08. The van der Waals surface area contributed by atoms with Crippen LogP contribution < -0.4 is 10.2 Å². The first kappa shape index (κ1) is 25.6. The lowest BCUT2D eigenvalue weighted by atomic mass is 9.91. The molecule has 1 aromatic carbocycles. The number of aliphatic hydroxyl groups is 1. The Hall–Kier alpha value is -2.65. The van der Waals surface area contributed by atoms with E-state index in [1.807, 2.05) is 31.2 Å². The van der Waals surface area contributed by atoms with E-state index in [2.05, 4.69) is 0 Å². The summed E-state index contributed by atoms with van der Waals surface area (Å²) in [6.07, 6.45) is 1.21. The Bertz CT molecular complexity index is 762. The average molecular weight is 450 g/mol. The van der Waals surface area contributed by atoms with Gasteiger partial charge in [0.15, 0.2) is 0 Å². The normalized spacial score (nSPS) is 16.2. The number of carbonyl (C=O) groups is 3. The molecule has 0 unspecified atom stereocenters. The summed E-state index contributed by atoms with van der Waals surface area (Å²) in [7, 11) is 1.75. The first-order valence-corrected chi connectivity index (χ1v) is 11.1. The number of hydrogen-bond acceptors (Lipinski definition) is 6. The average Bonchev–Trinajstić information content (AvgIpc) is 2.81. The molecule has 0 spiro atoms. The summed E-state index contributed by atoms with van der Waals surface area (Å²) >= 11 is 0. The van der Waals surface area contributed by atoms with Crippen molar-refractivity contribution in [2.75, 3.05) is 26.7 Å². The fraction of sp³-hybridized carbons (Fsp3) is 0.609. The van der Waals surface area contributed by atoms with Crippen LogP contribution >= 0.6 is 0 Å². The van der Waals surface area contributed by atoms with Crippen molar-refractivity contribution < 1.29 is 29.4 Å². The molecule has 0 aromatic heterocycles. The van der Waals surface area contributed by atoms with Gasteiger partial charge in [-0.3, -0.25) is 19.6 Å². The van der Waals surface area contributed by atoms with Gasteiger partial charge in [0.05, 0.1) is 12.5 Å². The summed E-state index contributed by atoms with van der Waals surface area (Å²) in [5, 5.41) is 19.3. The number of nitrogens with one attached hydrogen (secondary N) is 1. The topological polar surface area (TPSA) is 119 Å². The molecule has 3 N–H and O–H groups in total. The lowest BCUT2D eigenvalue weighted by Crippen LogP contribution is -2.51. The third-order valence-corrected chi connectivity index (χ3v) is 6.11. The van der Waals surface area contributed by atoms with Gasteiger partial charge in [0.2, 0.25) is 11.8 Å². The maximum absolute atomic E-state index is 13.1. The number of hydrogen-bond donors (Lipinski definition) is 3. The van der Waals surface area contributed by atoms with E-state index in [0.717, 1.165) is 11.3 Å². The van der Waals surface area contributed by atoms with Crippen LogP contribution in [0.1, 0.15) is 45.1 Å². The van der Waals surface area contributed by atoms with Crippen molar-refractivity contribution in [2.45, 2.75) is 58.1 Å². The first-order valence-electron chi connectivity index (χ1n) is 11.1. The Morgan fingerprint density at radius 2 is 1.84 bits per heavy atom. The van der Waals surface area contributed by atoms with Crippen LogP contribution in [0.3, 0.4) is 0 Å². The van der Waals surface area contributed by atoms with Gasteiger partial charge in [-0.2, -0.15) is 0 Å². The lowest BCUT2D eigenvalue weighted by molar-refractivity contribution is -0.151. The van der Waals surface area contributed by atoms with Crippen LogP contribution in [-0.4, -0.2) is 76.7 Å². The molecule has 1 saturated heterocycles. The number of nitrogens with zero attached hydrogens (tertiary/aromatic N) is 2. The Labute approximate surface area is 189 Å². The predicted molar refractivity (Wildman–Crippen MR) is 118 cm³/mol. The van der Waals surface area contributed by atoms with Crippen molar-refractivity contribution in [2.24, 2.45) is 5.92 Å².